The first kappa shape index (κ1) is 17.8. The molecular formula is C19H30N2O2. The van der Waals surface area contributed by atoms with Gasteiger partial charge in [-0.2, -0.15) is 0 Å². The van der Waals surface area contributed by atoms with Gasteiger partial charge in [-0.3, -0.25) is 9.69 Å². The Kier molecular flexibility index (Phi) is 7.40. The Labute approximate surface area is 139 Å². The fourth-order valence-corrected chi connectivity index (χ4v) is 3.32. The van der Waals surface area contributed by atoms with Crippen LogP contribution in [0.1, 0.15) is 51.0 Å². The second-order valence-electron chi connectivity index (χ2n) is 6.65. The summed E-state index contributed by atoms with van der Waals surface area (Å²) in [6, 6.07) is 7.35. The number of nitrogens with zero attached hydrogens (tertiary/aromatic N) is 1. The summed E-state index contributed by atoms with van der Waals surface area (Å²) >= 11 is 0. The molecule has 1 fully saturated rings. The summed E-state index contributed by atoms with van der Waals surface area (Å²) in [5, 5.41) is 13.0. The number of carbonyl (C=O) groups is 1. The van der Waals surface area contributed by atoms with E-state index in [2.05, 4.69) is 17.1 Å². The molecule has 1 aliphatic carbocycles. The number of phenols is 1. The zero-order chi connectivity index (χ0) is 16.5. The number of carbonyl (C=O) groups excluding carboxylic acids is 1. The van der Waals surface area contributed by atoms with Gasteiger partial charge in [0.1, 0.15) is 5.75 Å². The Hall–Kier alpha value is -1.55. The lowest BCUT2D eigenvalue weighted by atomic mass is 9.89. The SMILES string of the molecule is CCCN(CC(=O)NCC1CCCCC1)Cc1ccccc1O. The van der Waals surface area contributed by atoms with Crippen molar-refractivity contribution < 1.29 is 9.90 Å². The molecule has 1 saturated carbocycles. The zero-order valence-corrected chi connectivity index (χ0v) is 14.3. The summed E-state index contributed by atoms with van der Waals surface area (Å²) < 4.78 is 0. The number of rotatable bonds is 8. The monoisotopic (exact) mass is 318 g/mol. The van der Waals surface area contributed by atoms with Crippen LogP contribution in [0.4, 0.5) is 0 Å². The number of aromatic hydroxyl groups is 1. The van der Waals surface area contributed by atoms with Crippen molar-refractivity contribution in [2.24, 2.45) is 5.92 Å². The Bertz CT molecular complexity index is 484. The lowest BCUT2D eigenvalue weighted by Crippen LogP contribution is -2.39. The fourth-order valence-electron chi connectivity index (χ4n) is 3.32. The van der Waals surface area contributed by atoms with Gasteiger partial charge in [-0.15, -0.1) is 0 Å². The third-order valence-corrected chi connectivity index (χ3v) is 4.61. The van der Waals surface area contributed by atoms with E-state index in [0.717, 1.165) is 25.1 Å². The van der Waals surface area contributed by atoms with Crippen molar-refractivity contribution in [2.45, 2.75) is 52.0 Å². The molecule has 0 unspecified atom stereocenters. The summed E-state index contributed by atoms with van der Waals surface area (Å²) in [4.78, 5) is 14.3. The molecule has 0 saturated heterocycles. The minimum Gasteiger partial charge on any atom is -0.508 e. The van der Waals surface area contributed by atoms with Crippen molar-refractivity contribution >= 4 is 5.91 Å². The van der Waals surface area contributed by atoms with E-state index in [0.29, 0.717) is 24.8 Å². The van der Waals surface area contributed by atoms with E-state index >= 15 is 0 Å². The highest BCUT2D eigenvalue weighted by molar-refractivity contribution is 5.78. The summed E-state index contributed by atoms with van der Waals surface area (Å²) in [6.07, 6.45) is 7.43. The van der Waals surface area contributed by atoms with Crippen LogP contribution in [-0.4, -0.2) is 35.5 Å². The average Bonchev–Trinajstić information content (AvgIpc) is 2.56. The molecule has 0 aliphatic heterocycles. The molecule has 128 valence electrons. The topological polar surface area (TPSA) is 52.6 Å². The van der Waals surface area contributed by atoms with Gasteiger partial charge in [-0.1, -0.05) is 44.4 Å². The minimum atomic E-state index is 0.0967. The second kappa shape index (κ2) is 9.56. The van der Waals surface area contributed by atoms with Crippen LogP contribution >= 0.6 is 0 Å². The zero-order valence-electron chi connectivity index (χ0n) is 14.3. The van der Waals surface area contributed by atoms with Gasteiger partial charge >= 0.3 is 0 Å². The molecule has 0 aromatic heterocycles. The van der Waals surface area contributed by atoms with E-state index in [1.54, 1.807) is 6.07 Å². The normalized spacial score (nSPS) is 15.7. The van der Waals surface area contributed by atoms with Crippen LogP contribution in [0.25, 0.3) is 0 Å². The molecule has 4 nitrogen and oxygen atoms in total. The first-order valence-electron chi connectivity index (χ1n) is 8.95. The van der Waals surface area contributed by atoms with Gasteiger partial charge < -0.3 is 10.4 Å². The molecule has 1 aromatic rings. The van der Waals surface area contributed by atoms with Crippen molar-refractivity contribution in [3.05, 3.63) is 29.8 Å². The van der Waals surface area contributed by atoms with Crippen LogP contribution in [0.2, 0.25) is 0 Å². The van der Waals surface area contributed by atoms with Crippen molar-refractivity contribution in [3.63, 3.8) is 0 Å². The number of hydrogen-bond donors (Lipinski definition) is 2. The molecule has 2 N–H and O–H groups in total. The fraction of sp³-hybridized carbons (Fsp3) is 0.632. The molecule has 0 spiro atoms. The highest BCUT2D eigenvalue weighted by Gasteiger charge is 2.16. The van der Waals surface area contributed by atoms with Crippen LogP contribution < -0.4 is 5.32 Å². The predicted octanol–water partition coefficient (Wildman–Crippen LogP) is 3.30. The maximum Gasteiger partial charge on any atom is 0.234 e. The quantitative estimate of drug-likeness (QED) is 0.773. The van der Waals surface area contributed by atoms with Crippen molar-refractivity contribution in [3.8, 4) is 5.75 Å². The second-order valence-corrected chi connectivity index (χ2v) is 6.65. The van der Waals surface area contributed by atoms with E-state index < -0.39 is 0 Å². The highest BCUT2D eigenvalue weighted by Crippen LogP contribution is 2.22. The van der Waals surface area contributed by atoms with E-state index in [9.17, 15) is 9.90 Å². The van der Waals surface area contributed by atoms with Crippen LogP contribution in [0.5, 0.6) is 5.75 Å². The molecule has 1 aromatic carbocycles. The Morgan fingerprint density at radius 2 is 2.00 bits per heavy atom. The number of benzene rings is 1. The predicted molar refractivity (Wildman–Crippen MR) is 93.3 cm³/mol. The van der Waals surface area contributed by atoms with Gasteiger partial charge in [0.2, 0.25) is 5.91 Å². The average molecular weight is 318 g/mol. The maximum absolute atomic E-state index is 12.2. The van der Waals surface area contributed by atoms with Crippen molar-refractivity contribution in [1.29, 1.82) is 0 Å². The number of hydrogen-bond acceptors (Lipinski definition) is 3. The minimum absolute atomic E-state index is 0.0967. The third-order valence-electron chi connectivity index (χ3n) is 4.61. The summed E-state index contributed by atoms with van der Waals surface area (Å²) in [5.74, 6) is 1.06. The van der Waals surface area contributed by atoms with E-state index in [1.165, 1.54) is 32.1 Å². The summed E-state index contributed by atoms with van der Waals surface area (Å²) in [5.41, 5.74) is 0.876. The summed E-state index contributed by atoms with van der Waals surface area (Å²) in [7, 11) is 0. The van der Waals surface area contributed by atoms with Gasteiger partial charge in [-0.05, 0) is 37.8 Å². The van der Waals surface area contributed by atoms with E-state index in [-0.39, 0.29) is 5.91 Å². The van der Waals surface area contributed by atoms with Gasteiger partial charge in [0.05, 0.1) is 6.54 Å². The van der Waals surface area contributed by atoms with Crippen molar-refractivity contribution in [1.82, 2.24) is 10.2 Å². The third kappa shape index (κ3) is 6.22. The largest absolute Gasteiger partial charge is 0.508 e. The molecule has 0 bridgehead atoms. The summed E-state index contributed by atoms with van der Waals surface area (Å²) in [6.45, 7) is 4.78. The molecule has 0 atom stereocenters. The molecule has 4 heteroatoms. The van der Waals surface area contributed by atoms with Crippen LogP contribution in [-0.2, 0) is 11.3 Å². The molecule has 1 aliphatic rings. The van der Waals surface area contributed by atoms with Crippen LogP contribution in [0.15, 0.2) is 24.3 Å². The van der Waals surface area contributed by atoms with Crippen LogP contribution in [0, 0.1) is 5.92 Å². The molecule has 0 radical (unpaired) electrons. The number of para-hydroxylation sites is 1. The van der Waals surface area contributed by atoms with Gasteiger partial charge in [0.15, 0.2) is 0 Å². The highest BCUT2D eigenvalue weighted by atomic mass is 16.3. The molecule has 1 amide bonds. The molecule has 2 rings (SSSR count). The lowest BCUT2D eigenvalue weighted by molar-refractivity contribution is -0.122. The molecular weight excluding hydrogens is 288 g/mol. The first-order chi connectivity index (χ1) is 11.2. The van der Waals surface area contributed by atoms with Gasteiger partial charge in [0.25, 0.3) is 0 Å². The van der Waals surface area contributed by atoms with E-state index in [4.69, 9.17) is 0 Å². The van der Waals surface area contributed by atoms with E-state index in [1.807, 2.05) is 18.2 Å². The lowest BCUT2D eigenvalue weighted by Gasteiger charge is -2.24. The number of amides is 1. The molecule has 0 heterocycles. The first-order valence-corrected chi connectivity index (χ1v) is 8.95. The Morgan fingerprint density at radius 1 is 1.26 bits per heavy atom. The van der Waals surface area contributed by atoms with Crippen LogP contribution in [0.3, 0.4) is 0 Å². The van der Waals surface area contributed by atoms with Gasteiger partial charge in [0, 0.05) is 18.7 Å². The standard InChI is InChI=1S/C19H30N2O2/c1-2-12-21(14-17-10-6-7-11-18(17)22)15-19(23)20-13-16-8-4-3-5-9-16/h6-7,10-11,16,22H,2-5,8-9,12-15H2,1H3,(H,20,23). The number of phenolic OH excluding ortho intramolecular Hbond substituents is 1. The van der Waals surface area contributed by atoms with Crippen molar-refractivity contribution in [2.75, 3.05) is 19.6 Å². The number of nitrogens with one attached hydrogen (secondary N) is 1. The Balaban J connectivity index is 1.80. The van der Waals surface area contributed by atoms with Gasteiger partial charge in [-0.25, -0.2) is 0 Å². The maximum atomic E-state index is 12.2. The smallest absolute Gasteiger partial charge is 0.234 e. The Morgan fingerprint density at radius 3 is 2.70 bits per heavy atom. The molecule has 23 heavy (non-hydrogen) atoms.